The Kier molecular flexibility index (Phi) is 2.28. The molecule has 2 heterocycles. The van der Waals surface area contributed by atoms with Gasteiger partial charge in [-0.15, -0.1) is 10.2 Å². The van der Waals surface area contributed by atoms with Crippen LogP contribution in [-0.2, 0) is 7.05 Å². The van der Waals surface area contributed by atoms with Crippen molar-refractivity contribution in [3.63, 3.8) is 0 Å². The average molecular weight is 260 g/mol. The lowest BCUT2D eigenvalue weighted by molar-refractivity contribution is 0.768. The summed E-state index contributed by atoms with van der Waals surface area (Å²) in [6.07, 6.45) is 3.60. The van der Waals surface area contributed by atoms with Crippen LogP contribution in [0.5, 0.6) is 0 Å². The zero-order valence-corrected chi connectivity index (χ0v) is 9.13. The molecule has 0 atom stereocenters. The van der Waals surface area contributed by atoms with Gasteiger partial charge in [0.2, 0.25) is 5.13 Å². The highest BCUT2D eigenvalue weighted by molar-refractivity contribution is 9.11. The SMILES string of the molecule is Cn1cc(Nc2nnc(Br)s2)cn1. The molecule has 5 nitrogen and oxygen atoms in total. The number of nitrogens with zero attached hydrogens (tertiary/aromatic N) is 4. The zero-order valence-electron chi connectivity index (χ0n) is 6.73. The molecule has 0 saturated carbocycles. The van der Waals surface area contributed by atoms with Gasteiger partial charge < -0.3 is 5.32 Å². The largest absolute Gasteiger partial charge is 0.327 e. The molecule has 0 bridgehead atoms. The first-order valence-corrected chi connectivity index (χ1v) is 5.09. The Bertz CT molecular complexity index is 370. The Balaban J connectivity index is 2.14. The van der Waals surface area contributed by atoms with Crippen LogP contribution in [0.3, 0.4) is 0 Å². The molecule has 0 spiro atoms. The van der Waals surface area contributed by atoms with Gasteiger partial charge in [-0.25, -0.2) is 0 Å². The molecule has 0 aliphatic rings. The third-order valence-corrected chi connectivity index (χ3v) is 2.63. The molecule has 2 rings (SSSR count). The third kappa shape index (κ3) is 2.04. The molecule has 0 aliphatic carbocycles. The first-order valence-electron chi connectivity index (χ1n) is 3.49. The van der Waals surface area contributed by atoms with E-state index in [-0.39, 0.29) is 0 Å². The highest BCUT2D eigenvalue weighted by Gasteiger charge is 2.02. The van der Waals surface area contributed by atoms with Gasteiger partial charge in [0.25, 0.3) is 0 Å². The van der Waals surface area contributed by atoms with Crippen molar-refractivity contribution < 1.29 is 0 Å². The standard InChI is InChI=1S/C6H6BrN5S/c1-12-3-4(2-8-12)9-6-11-10-5(7)13-6/h2-3H,1H3,(H,9,11). The van der Waals surface area contributed by atoms with Gasteiger partial charge in [0.1, 0.15) is 0 Å². The van der Waals surface area contributed by atoms with Gasteiger partial charge >= 0.3 is 0 Å². The number of hydrogen-bond donors (Lipinski definition) is 1. The summed E-state index contributed by atoms with van der Waals surface area (Å²) in [6, 6.07) is 0. The summed E-state index contributed by atoms with van der Waals surface area (Å²) >= 11 is 4.67. The van der Waals surface area contributed by atoms with E-state index in [1.54, 1.807) is 10.9 Å². The van der Waals surface area contributed by atoms with Gasteiger partial charge in [0.15, 0.2) is 3.92 Å². The van der Waals surface area contributed by atoms with Crippen molar-refractivity contribution in [3.05, 3.63) is 16.3 Å². The van der Waals surface area contributed by atoms with E-state index in [2.05, 4.69) is 36.5 Å². The molecule has 0 aliphatic heterocycles. The lowest BCUT2D eigenvalue weighted by Crippen LogP contribution is -1.87. The normalized spacial score (nSPS) is 10.3. The van der Waals surface area contributed by atoms with Crippen molar-refractivity contribution >= 4 is 38.1 Å². The van der Waals surface area contributed by atoms with Crippen molar-refractivity contribution in [1.82, 2.24) is 20.0 Å². The Morgan fingerprint density at radius 2 is 2.38 bits per heavy atom. The predicted octanol–water partition coefficient (Wildman–Crippen LogP) is 1.78. The van der Waals surface area contributed by atoms with Crippen LogP contribution in [-0.4, -0.2) is 20.0 Å². The molecule has 0 radical (unpaired) electrons. The quantitative estimate of drug-likeness (QED) is 0.894. The molecule has 0 amide bonds. The number of hydrogen-bond acceptors (Lipinski definition) is 5. The second kappa shape index (κ2) is 3.43. The molecule has 1 N–H and O–H groups in total. The van der Waals surface area contributed by atoms with Gasteiger partial charge in [-0.2, -0.15) is 5.10 Å². The second-order valence-electron chi connectivity index (χ2n) is 2.39. The molecule has 68 valence electrons. The van der Waals surface area contributed by atoms with E-state index in [4.69, 9.17) is 0 Å². The molecule has 13 heavy (non-hydrogen) atoms. The van der Waals surface area contributed by atoms with Crippen molar-refractivity contribution in [2.24, 2.45) is 7.05 Å². The fraction of sp³-hybridized carbons (Fsp3) is 0.167. The minimum absolute atomic E-state index is 0.750. The van der Waals surface area contributed by atoms with Gasteiger partial charge in [0.05, 0.1) is 11.9 Å². The van der Waals surface area contributed by atoms with Crippen molar-refractivity contribution in [3.8, 4) is 0 Å². The maximum absolute atomic E-state index is 4.02. The van der Waals surface area contributed by atoms with E-state index >= 15 is 0 Å². The monoisotopic (exact) mass is 259 g/mol. The first-order chi connectivity index (χ1) is 6.24. The van der Waals surface area contributed by atoms with Crippen LogP contribution in [0, 0.1) is 0 Å². The lowest BCUT2D eigenvalue weighted by atomic mass is 10.6. The van der Waals surface area contributed by atoms with Crippen LogP contribution in [0.2, 0.25) is 0 Å². The number of halogens is 1. The number of rotatable bonds is 2. The summed E-state index contributed by atoms with van der Waals surface area (Å²) in [5, 5.41) is 15.6. The molecule has 2 aromatic rings. The van der Waals surface area contributed by atoms with Gasteiger partial charge in [-0.3, -0.25) is 4.68 Å². The van der Waals surface area contributed by atoms with Gasteiger partial charge in [0, 0.05) is 13.2 Å². The van der Waals surface area contributed by atoms with E-state index in [1.807, 2.05) is 13.2 Å². The van der Waals surface area contributed by atoms with Crippen LogP contribution >= 0.6 is 27.3 Å². The smallest absolute Gasteiger partial charge is 0.210 e. The summed E-state index contributed by atoms with van der Waals surface area (Å²) in [6.45, 7) is 0. The Morgan fingerprint density at radius 1 is 1.54 bits per heavy atom. The molecule has 2 aromatic heterocycles. The highest BCUT2D eigenvalue weighted by atomic mass is 79.9. The fourth-order valence-corrected chi connectivity index (χ4v) is 1.90. The molecule has 0 saturated heterocycles. The maximum Gasteiger partial charge on any atom is 0.210 e. The van der Waals surface area contributed by atoms with Crippen LogP contribution in [0.15, 0.2) is 16.3 Å². The minimum Gasteiger partial charge on any atom is -0.327 e. The first kappa shape index (κ1) is 8.64. The average Bonchev–Trinajstić information content (AvgIpc) is 2.62. The molecule has 0 unspecified atom stereocenters. The van der Waals surface area contributed by atoms with Crippen LogP contribution in [0.4, 0.5) is 10.8 Å². The summed E-state index contributed by atoms with van der Waals surface area (Å²) in [4.78, 5) is 0. The second-order valence-corrected chi connectivity index (χ2v) is 4.64. The van der Waals surface area contributed by atoms with E-state index < -0.39 is 0 Å². The van der Waals surface area contributed by atoms with Gasteiger partial charge in [-0.1, -0.05) is 11.3 Å². The predicted molar refractivity (Wildman–Crippen MR) is 54.1 cm³/mol. The molecular formula is C6H6BrN5S. The maximum atomic E-state index is 4.02. The Morgan fingerprint density at radius 3 is 2.92 bits per heavy atom. The topological polar surface area (TPSA) is 55.6 Å². The molecule has 0 fully saturated rings. The summed E-state index contributed by atoms with van der Waals surface area (Å²) in [7, 11) is 1.86. The lowest BCUT2D eigenvalue weighted by Gasteiger charge is -1.93. The van der Waals surface area contributed by atoms with E-state index in [9.17, 15) is 0 Å². The molecule has 7 heteroatoms. The van der Waals surface area contributed by atoms with E-state index in [0.717, 1.165) is 14.7 Å². The molecular weight excluding hydrogens is 254 g/mol. The van der Waals surface area contributed by atoms with Gasteiger partial charge in [-0.05, 0) is 15.9 Å². The zero-order chi connectivity index (χ0) is 9.26. The Labute approximate surface area is 86.9 Å². The summed E-state index contributed by atoms with van der Waals surface area (Å²) in [5.74, 6) is 0. The van der Waals surface area contributed by atoms with E-state index in [1.165, 1.54) is 11.3 Å². The van der Waals surface area contributed by atoms with Crippen LogP contribution < -0.4 is 5.32 Å². The van der Waals surface area contributed by atoms with Crippen molar-refractivity contribution in [2.45, 2.75) is 0 Å². The van der Waals surface area contributed by atoms with Crippen LogP contribution in [0.1, 0.15) is 0 Å². The minimum atomic E-state index is 0.750. The number of anilines is 2. The summed E-state index contributed by atoms with van der Waals surface area (Å²) in [5.41, 5.74) is 0.908. The highest BCUT2D eigenvalue weighted by Crippen LogP contribution is 2.23. The number of aryl methyl sites for hydroxylation is 1. The Hall–Kier alpha value is -0.950. The third-order valence-electron chi connectivity index (χ3n) is 1.36. The number of aromatic nitrogens is 4. The van der Waals surface area contributed by atoms with Crippen molar-refractivity contribution in [1.29, 1.82) is 0 Å². The molecule has 0 aromatic carbocycles. The van der Waals surface area contributed by atoms with Crippen LogP contribution in [0.25, 0.3) is 0 Å². The summed E-state index contributed by atoms with van der Waals surface area (Å²) < 4.78 is 2.48. The van der Waals surface area contributed by atoms with E-state index in [0.29, 0.717) is 0 Å². The number of nitrogens with one attached hydrogen (secondary N) is 1. The fourth-order valence-electron chi connectivity index (χ4n) is 0.865. The van der Waals surface area contributed by atoms with Crippen molar-refractivity contribution in [2.75, 3.05) is 5.32 Å².